The van der Waals surface area contributed by atoms with Gasteiger partial charge in [-0.05, 0) is 42.3 Å². The zero-order valence-electron chi connectivity index (χ0n) is 12.8. The third-order valence-electron chi connectivity index (χ3n) is 3.39. The molecular weight excluding hydrogens is 316 g/mol. The fourth-order valence-electron chi connectivity index (χ4n) is 2.14. The molecule has 0 saturated heterocycles. The zero-order chi connectivity index (χ0) is 17.5. The molecule has 0 fully saturated rings. The summed E-state index contributed by atoms with van der Waals surface area (Å²) in [5.41, 5.74) is 6.36. The average Bonchev–Trinajstić information content (AvgIpc) is 2.53. The highest BCUT2D eigenvalue weighted by atomic mass is 19.1. The third-order valence-corrected chi connectivity index (χ3v) is 3.39. The minimum atomic E-state index is -0.645. The first-order valence-corrected chi connectivity index (χ1v) is 7.28. The molecule has 1 unspecified atom stereocenters. The van der Waals surface area contributed by atoms with Crippen molar-refractivity contribution in [3.05, 3.63) is 65.7 Å². The molecule has 126 valence electrons. The maximum absolute atomic E-state index is 13.0. The number of hydrogen-bond donors (Lipinski definition) is 3. The number of carbonyl (C=O) groups excluding carboxylic acids is 2. The molecule has 0 bridgehead atoms. The van der Waals surface area contributed by atoms with Crippen LogP contribution >= 0.6 is 0 Å². The van der Waals surface area contributed by atoms with Gasteiger partial charge in [0.05, 0.1) is 5.92 Å². The predicted octanol–water partition coefficient (Wildman–Crippen LogP) is 2.43. The molecule has 2 rings (SSSR count). The van der Waals surface area contributed by atoms with Gasteiger partial charge >= 0.3 is 6.03 Å². The molecule has 4 N–H and O–H groups in total. The molecule has 0 heterocycles. The number of nitrogens with one attached hydrogen (secondary N) is 2. The topological polar surface area (TPSA) is 84.2 Å². The van der Waals surface area contributed by atoms with Crippen LogP contribution in [0.2, 0.25) is 0 Å². The Hall–Kier alpha value is -2.96. The molecule has 2 aromatic carbocycles. The predicted molar refractivity (Wildman–Crippen MR) is 86.2 cm³/mol. The number of urea groups is 1. The molecule has 0 aliphatic carbocycles. The molecule has 2 aromatic rings. The number of anilines is 1. The van der Waals surface area contributed by atoms with Crippen molar-refractivity contribution in [3.63, 3.8) is 0 Å². The third kappa shape index (κ3) is 5.35. The first kappa shape index (κ1) is 17.4. The van der Waals surface area contributed by atoms with Crippen molar-refractivity contribution in [2.45, 2.75) is 6.42 Å². The van der Waals surface area contributed by atoms with Gasteiger partial charge in [0.2, 0.25) is 5.91 Å². The Kier molecular flexibility index (Phi) is 5.83. The zero-order valence-corrected chi connectivity index (χ0v) is 12.8. The molecule has 1 atom stereocenters. The molecule has 0 aromatic heterocycles. The van der Waals surface area contributed by atoms with E-state index < -0.39 is 23.7 Å². The van der Waals surface area contributed by atoms with E-state index in [1.165, 1.54) is 36.4 Å². The van der Waals surface area contributed by atoms with Crippen LogP contribution < -0.4 is 16.4 Å². The lowest BCUT2D eigenvalue weighted by molar-refractivity contribution is -0.121. The lowest BCUT2D eigenvalue weighted by atomic mass is 9.98. The minimum Gasteiger partial charge on any atom is -0.369 e. The van der Waals surface area contributed by atoms with Crippen LogP contribution in [0.5, 0.6) is 0 Å². The second-order valence-corrected chi connectivity index (χ2v) is 5.28. The Labute approximate surface area is 137 Å². The van der Waals surface area contributed by atoms with Crippen LogP contribution in [-0.4, -0.2) is 18.5 Å². The SMILES string of the molecule is NC(=O)C(CNC(=O)Nc1cccc(F)c1)Cc1ccc(F)cc1. The smallest absolute Gasteiger partial charge is 0.319 e. The maximum atomic E-state index is 13.0. The molecule has 0 aliphatic rings. The van der Waals surface area contributed by atoms with Gasteiger partial charge in [0.1, 0.15) is 11.6 Å². The second kappa shape index (κ2) is 8.05. The fourth-order valence-corrected chi connectivity index (χ4v) is 2.14. The number of halogens is 2. The van der Waals surface area contributed by atoms with Gasteiger partial charge in [-0.15, -0.1) is 0 Å². The highest BCUT2D eigenvalue weighted by Crippen LogP contribution is 2.11. The Morgan fingerprint density at radius 2 is 1.75 bits per heavy atom. The normalized spacial score (nSPS) is 11.6. The van der Waals surface area contributed by atoms with Crippen LogP contribution in [-0.2, 0) is 11.2 Å². The van der Waals surface area contributed by atoms with E-state index in [0.29, 0.717) is 5.69 Å². The van der Waals surface area contributed by atoms with Gasteiger partial charge in [-0.25, -0.2) is 13.6 Å². The summed E-state index contributed by atoms with van der Waals surface area (Å²) in [6.45, 7) is 0.00780. The first-order valence-electron chi connectivity index (χ1n) is 7.28. The summed E-state index contributed by atoms with van der Waals surface area (Å²) in [5.74, 6) is -2.07. The Bertz CT molecular complexity index is 720. The number of primary amides is 1. The molecule has 24 heavy (non-hydrogen) atoms. The van der Waals surface area contributed by atoms with Crippen LogP contribution in [0.4, 0.5) is 19.3 Å². The van der Waals surface area contributed by atoms with Gasteiger partial charge in [-0.1, -0.05) is 18.2 Å². The average molecular weight is 333 g/mol. The molecule has 3 amide bonds. The molecule has 0 aliphatic heterocycles. The summed E-state index contributed by atoms with van der Waals surface area (Å²) < 4.78 is 25.9. The molecule has 0 radical (unpaired) electrons. The molecule has 5 nitrogen and oxygen atoms in total. The largest absolute Gasteiger partial charge is 0.369 e. The van der Waals surface area contributed by atoms with Crippen LogP contribution in [0, 0.1) is 17.6 Å². The number of benzene rings is 2. The standard InChI is InChI=1S/C17H17F2N3O2/c18-13-6-4-11(5-7-13)8-12(16(20)23)10-21-17(24)22-15-3-1-2-14(19)9-15/h1-7,9,12H,8,10H2,(H2,20,23)(H2,21,22,24). The number of hydrogen-bond acceptors (Lipinski definition) is 2. The quantitative estimate of drug-likeness (QED) is 0.758. The van der Waals surface area contributed by atoms with Crippen molar-refractivity contribution in [3.8, 4) is 0 Å². The number of rotatable bonds is 6. The molecular formula is C17H17F2N3O2. The van der Waals surface area contributed by atoms with Gasteiger partial charge in [0, 0.05) is 12.2 Å². The van der Waals surface area contributed by atoms with Crippen LogP contribution in [0.3, 0.4) is 0 Å². The monoisotopic (exact) mass is 333 g/mol. The van der Waals surface area contributed by atoms with Crippen molar-refractivity contribution in [1.82, 2.24) is 5.32 Å². The summed E-state index contributed by atoms with van der Waals surface area (Å²) in [6, 6.07) is 10.5. The van der Waals surface area contributed by atoms with Crippen LogP contribution in [0.25, 0.3) is 0 Å². The van der Waals surface area contributed by atoms with Crippen molar-refractivity contribution < 1.29 is 18.4 Å². The number of carbonyl (C=O) groups is 2. The van der Waals surface area contributed by atoms with Crippen LogP contribution in [0.15, 0.2) is 48.5 Å². The molecule has 7 heteroatoms. The first-order chi connectivity index (χ1) is 11.4. The van der Waals surface area contributed by atoms with E-state index in [0.717, 1.165) is 5.56 Å². The van der Waals surface area contributed by atoms with E-state index in [2.05, 4.69) is 10.6 Å². The summed E-state index contributed by atoms with van der Waals surface area (Å²) >= 11 is 0. The van der Waals surface area contributed by atoms with Gasteiger partial charge in [0.15, 0.2) is 0 Å². The van der Waals surface area contributed by atoms with Gasteiger partial charge in [0.25, 0.3) is 0 Å². The highest BCUT2D eigenvalue weighted by molar-refractivity contribution is 5.89. The number of nitrogens with two attached hydrogens (primary N) is 1. The fraction of sp³-hybridized carbons (Fsp3) is 0.176. The number of amides is 3. The van der Waals surface area contributed by atoms with Gasteiger partial charge < -0.3 is 16.4 Å². The molecule has 0 spiro atoms. The van der Waals surface area contributed by atoms with E-state index >= 15 is 0 Å². The van der Waals surface area contributed by atoms with Crippen molar-refractivity contribution in [2.24, 2.45) is 11.7 Å². The lowest BCUT2D eigenvalue weighted by Crippen LogP contribution is -2.39. The van der Waals surface area contributed by atoms with E-state index in [1.54, 1.807) is 12.1 Å². The Morgan fingerprint density at radius 3 is 2.38 bits per heavy atom. The van der Waals surface area contributed by atoms with Gasteiger partial charge in [-0.2, -0.15) is 0 Å². The van der Waals surface area contributed by atoms with E-state index in [9.17, 15) is 18.4 Å². The second-order valence-electron chi connectivity index (χ2n) is 5.28. The maximum Gasteiger partial charge on any atom is 0.319 e. The lowest BCUT2D eigenvalue weighted by Gasteiger charge is -2.15. The van der Waals surface area contributed by atoms with Crippen molar-refractivity contribution in [1.29, 1.82) is 0 Å². The van der Waals surface area contributed by atoms with Crippen molar-refractivity contribution >= 4 is 17.6 Å². The Balaban J connectivity index is 1.90. The molecule has 0 saturated carbocycles. The summed E-state index contributed by atoms with van der Waals surface area (Å²) in [6.07, 6.45) is 0.274. The van der Waals surface area contributed by atoms with Gasteiger partial charge in [-0.3, -0.25) is 4.79 Å². The summed E-state index contributed by atoms with van der Waals surface area (Å²) in [4.78, 5) is 23.3. The van der Waals surface area contributed by atoms with E-state index in [4.69, 9.17) is 5.73 Å². The Morgan fingerprint density at radius 1 is 1.04 bits per heavy atom. The van der Waals surface area contributed by atoms with Crippen molar-refractivity contribution in [2.75, 3.05) is 11.9 Å². The van der Waals surface area contributed by atoms with Crippen LogP contribution in [0.1, 0.15) is 5.56 Å². The van der Waals surface area contributed by atoms with E-state index in [1.807, 2.05) is 0 Å². The van der Waals surface area contributed by atoms with E-state index in [-0.39, 0.29) is 18.8 Å². The summed E-state index contributed by atoms with van der Waals surface area (Å²) in [5, 5.41) is 4.97. The minimum absolute atomic E-state index is 0.00780. The summed E-state index contributed by atoms with van der Waals surface area (Å²) in [7, 11) is 0. The highest BCUT2D eigenvalue weighted by Gasteiger charge is 2.17.